The molecule has 2 amide bonds. The molecule has 1 N–H and O–H groups in total. The molecular weight excluding hydrogens is 365 g/mol. The van der Waals surface area contributed by atoms with Gasteiger partial charge in [-0.25, -0.2) is 9.18 Å². The van der Waals surface area contributed by atoms with Crippen molar-refractivity contribution in [3.63, 3.8) is 0 Å². The van der Waals surface area contributed by atoms with Crippen molar-refractivity contribution in [2.45, 2.75) is 52.1 Å². The third kappa shape index (κ3) is 9.43. The second-order valence-electron chi connectivity index (χ2n) is 6.46. The van der Waals surface area contributed by atoms with Gasteiger partial charge in [0, 0.05) is 25.4 Å². The molecule has 1 heterocycles. The summed E-state index contributed by atoms with van der Waals surface area (Å²) < 4.78 is 18.4. The summed E-state index contributed by atoms with van der Waals surface area (Å²) in [6.45, 7) is 3.69. The van der Waals surface area contributed by atoms with Gasteiger partial charge in [-0.2, -0.15) is 0 Å². The molecule has 1 aromatic heterocycles. The summed E-state index contributed by atoms with van der Waals surface area (Å²) in [5, 5.41) is 2.35. The van der Waals surface area contributed by atoms with Gasteiger partial charge in [0.25, 0.3) is 0 Å². The zero-order chi connectivity index (χ0) is 20.8. The van der Waals surface area contributed by atoms with Gasteiger partial charge in [-0.1, -0.05) is 13.8 Å². The van der Waals surface area contributed by atoms with Gasteiger partial charge < -0.3 is 15.0 Å². The van der Waals surface area contributed by atoms with Crippen LogP contribution in [0.3, 0.4) is 0 Å². The summed E-state index contributed by atoms with van der Waals surface area (Å²) in [6, 6.07) is 3.81. The maximum absolute atomic E-state index is 13.7. The monoisotopic (exact) mass is 395 g/mol. The number of nitrogens with zero attached hydrogens (tertiary/aromatic N) is 2. The highest BCUT2D eigenvalue weighted by atomic mass is 19.1. The quantitative estimate of drug-likeness (QED) is 0.517. The number of rotatable bonds is 13. The smallest absolute Gasteiger partial charge is 0.342 e. The van der Waals surface area contributed by atoms with Crippen LogP contribution in [0.5, 0.6) is 0 Å². The lowest BCUT2D eigenvalue weighted by Crippen LogP contribution is -2.43. The molecule has 0 bridgehead atoms. The SMILES string of the molecule is CCCOC(=O)C(F)CNC(=O)CN(CCC)C(=O)CCCc1ccncc1. The first kappa shape index (κ1) is 23.5. The zero-order valence-corrected chi connectivity index (χ0v) is 16.7. The van der Waals surface area contributed by atoms with Crippen molar-refractivity contribution in [1.29, 1.82) is 0 Å². The summed E-state index contributed by atoms with van der Waals surface area (Å²) in [4.78, 5) is 41.2. The Morgan fingerprint density at radius 1 is 1.21 bits per heavy atom. The van der Waals surface area contributed by atoms with Crippen molar-refractivity contribution in [2.75, 3.05) is 26.2 Å². The lowest BCUT2D eigenvalue weighted by atomic mass is 10.1. The Hall–Kier alpha value is -2.51. The molecule has 28 heavy (non-hydrogen) atoms. The molecule has 1 rings (SSSR count). The summed E-state index contributed by atoms with van der Waals surface area (Å²) in [7, 11) is 0. The van der Waals surface area contributed by atoms with Crippen LogP contribution >= 0.6 is 0 Å². The lowest BCUT2D eigenvalue weighted by molar-refractivity contribution is -0.149. The molecule has 0 saturated carbocycles. The number of hydrogen-bond acceptors (Lipinski definition) is 5. The topological polar surface area (TPSA) is 88.6 Å². The van der Waals surface area contributed by atoms with Crippen LogP contribution in [0, 0.1) is 0 Å². The number of aryl methyl sites for hydroxylation is 1. The number of carbonyl (C=O) groups excluding carboxylic acids is 3. The fraction of sp³-hybridized carbons (Fsp3) is 0.600. The number of nitrogens with one attached hydrogen (secondary N) is 1. The molecule has 0 aromatic carbocycles. The van der Waals surface area contributed by atoms with Gasteiger partial charge in [-0.05, 0) is 43.4 Å². The number of pyridine rings is 1. The number of ether oxygens (including phenoxy) is 1. The number of carbonyl (C=O) groups is 3. The Labute approximate surface area is 165 Å². The highest BCUT2D eigenvalue weighted by Crippen LogP contribution is 2.06. The molecule has 0 aliphatic rings. The second kappa shape index (κ2) is 13.6. The van der Waals surface area contributed by atoms with Crippen LogP contribution in [-0.2, 0) is 25.5 Å². The van der Waals surface area contributed by atoms with E-state index in [1.807, 2.05) is 19.1 Å². The number of aromatic nitrogens is 1. The maximum atomic E-state index is 13.7. The van der Waals surface area contributed by atoms with Gasteiger partial charge in [-0.15, -0.1) is 0 Å². The predicted molar refractivity (Wildman–Crippen MR) is 103 cm³/mol. The molecule has 0 saturated heterocycles. The van der Waals surface area contributed by atoms with Gasteiger partial charge in [0.05, 0.1) is 19.7 Å². The van der Waals surface area contributed by atoms with Crippen LogP contribution in [0.4, 0.5) is 4.39 Å². The van der Waals surface area contributed by atoms with Crippen LogP contribution in [0.25, 0.3) is 0 Å². The highest BCUT2D eigenvalue weighted by Gasteiger charge is 2.21. The van der Waals surface area contributed by atoms with Crippen molar-refractivity contribution in [2.24, 2.45) is 0 Å². The van der Waals surface area contributed by atoms with E-state index < -0.39 is 24.6 Å². The largest absolute Gasteiger partial charge is 0.464 e. The first-order valence-corrected chi connectivity index (χ1v) is 9.72. The lowest BCUT2D eigenvalue weighted by Gasteiger charge is -2.22. The molecule has 0 fully saturated rings. The molecular formula is C20H30FN3O4. The highest BCUT2D eigenvalue weighted by molar-refractivity contribution is 5.85. The van der Waals surface area contributed by atoms with E-state index in [9.17, 15) is 18.8 Å². The number of halogens is 1. The van der Waals surface area contributed by atoms with Gasteiger partial charge >= 0.3 is 5.97 Å². The van der Waals surface area contributed by atoms with Gasteiger partial charge in [0.1, 0.15) is 0 Å². The van der Waals surface area contributed by atoms with Crippen molar-refractivity contribution in [3.8, 4) is 0 Å². The summed E-state index contributed by atoms with van der Waals surface area (Å²) in [5.74, 6) is -1.60. The number of hydrogen-bond donors (Lipinski definition) is 1. The first-order valence-electron chi connectivity index (χ1n) is 9.72. The molecule has 8 heteroatoms. The number of esters is 1. The Morgan fingerprint density at radius 3 is 2.57 bits per heavy atom. The minimum absolute atomic E-state index is 0.120. The van der Waals surface area contributed by atoms with Crippen molar-refractivity contribution < 1.29 is 23.5 Å². The predicted octanol–water partition coefficient (Wildman–Crippen LogP) is 2.05. The first-order chi connectivity index (χ1) is 13.5. The second-order valence-corrected chi connectivity index (χ2v) is 6.46. The Bertz CT molecular complexity index is 613. The molecule has 1 atom stereocenters. The average Bonchev–Trinajstić information content (AvgIpc) is 2.70. The minimum atomic E-state index is -1.91. The normalized spacial score (nSPS) is 11.5. The standard InChI is InChI=1S/C20H30FN3O4/c1-3-12-24(19(26)7-5-6-16-8-10-22-11-9-16)15-18(25)23-14-17(21)20(27)28-13-4-2/h8-11,17H,3-7,12-15H2,1-2H3,(H,23,25). The van der Waals surface area contributed by atoms with Crippen molar-refractivity contribution >= 4 is 17.8 Å². The van der Waals surface area contributed by atoms with E-state index in [4.69, 9.17) is 4.74 Å². The Balaban J connectivity index is 2.39. The molecule has 1 aromatic rings. The van der Waals surface area contributed by atoms with Gasteiger partial charge in [-0.3, -0.25) is 14.6 Å². The van der Waals surface area contributed by atoms with Crippen LogP contribution in [0.2, 0.25) is 0 Å². The van der Waals surface area contributed by atoms with E-state index in [0.29, 0.717) is 32.2 Å². The maximum Gasteiger partial charge on any atom is 0.342 e. The fourth-order valence-corrected chi connectivity index (χ4v) is 2.52. The molecule has 156 valence electrons. The van der Waals surface area contributed by atoms with E-state index in [2.05, 4.69) is 10.3 Å². The molecule has 0 aliphatic carbocycles. The van der Waals surface area contributed by atoms with Gasteiger partial charge in [0.2, 0.25) is 18.0 Å². The van der Waals surface area contributed by atoms with Crippen LogP contribution in [-0.4, -0.2) is 60.1 Å². The molecule has 7 nitrogen and oxygen atoms in total. The van der Waals surface area contributed by atoms with Crippen LogP contribution in [0.15, 0.2) is 24.5 Å². The number of alkyl halides is 1. The summed E-state index contributed by atoms with van der Waals surface area (Å²) >= 11 is 0. The molecule has 0 radical (unpaired) electrons. The van der Waals surface area contributed by atoms with E-state index in [-0.39, 0.29) is 19.1 Å². The van der Waals surface area contributed by atoms with E-state index >= 15 is 0 Å². The Kier molecular flexibility index (Phi) is 11.5. The van der Waals surface area contributed by atoms with Crippen molar-refractivity contribution in [1.82, 2.24) is 15.2 Å². The zero-order valence-electron chi connectivity index (χ0n) is 16.7. The molecule has 0 aliphatic heterocycles. The average molecular weight is 395 g/mol. The third-order valence-corrected chi connectivity index (χ3v) is 3.97. The Morgan fingerprint density at radius 2 is 1.93 bits per heavy atom. The fourth-order valence-electron chi connectivity index (χ4n) is 2.52. The van der Waals surface area contributed by atoms with Gasteiger partial charge in [0.15, 0.2) is 0 Å². The van der Waals surface area contributed by atoms with E-state index in [0.717, 1.165) is 12.0 Å². The van der Waals surface area contributed by atoms with E-state index in [1.165, 1.54) is 4.90 Å². The molecule has 1 unspecified atom stereocenters. The van der Waals surface area contributed by atoms with E-state index in [1.54, 1.807) is 19.3 Å². The van der Waals surface area contributed by atoms with Crippen molar-refractivity contribution in [3.05, 3.63) is 30.1 Å². The van der Waals surface area contributed by atoms with Crippen LogP contribution in [0.1, 0.15) is 45.1 Å². The molecule has 0 spiro atoms. The summed E-state index contributed by atoms with van der Waals surface area (Å²) in [5.41, 5.74) is 1.10. The summed E-state index contributed by atoms with van der Waals surface area (Å²) in [6.07, 6.45) is 4.56. The number of amides is 2. The third-order valence-electron chi connectivity index (χ3n) is 3.97. The van der Waals surface area contributed by atoms with Crippen LogP contribution < -0.4 is 5.32 Å². The minimum Gasteiger partial charge on any atom is -0.464 e.